The molecule has 0 N–H and O–H groups in total. The van der Waals surface area contributed by atoms with Crippen molar-refractivity contribution in [2.45, 2.75) is 74.7 Å². The highest BCUT2D eigenvalue weighted by Crippen LogP contribution is 2.18. The Balaban J connectivity index is 0.000000206. The van der Waals surface area contributed by atoms with Crippen molar-refractivity contribution < 1.29 is 4.42 Å². The molecule has 4 heteroatoms. The monoisotopic (exact) mass is 386 g/mol. The fourth-order valence-corrected chi connectivity index (χ4v) is 3.58. The summed E-state index contributed by atoms with van der Waals surface area (Å²) < 4.78 is 5.41. The minimum absolute atomic E-state index is 0.977. The Morgan fingerprint density at radius 2 is 1.56 bits per heavy atom. The van der Waals surface area contributed by atoms with Gasteiger partial charge in [-0.25, -0.2) is 0 Å². The molecule has 0 bridgehead atoms. The van der Waals surface area contributed by atoms with Gasteiger partial charge in [0.15, 0.2) is 0 Å². The van der Waals surface area contributed by atoms with Crippen LogP contribution >= 0.6 is 11.3 Å². The summed E-state index contributed by atoms with van der Waals surface area (Å²) in [6.45, 7) is 16.6. The van der Waals surface area contributed by atoms with Gasteiger partial charge in [-0.2, -0.15) is 0 Å². The average molecular weight is 387 g/mol. The number of unbranched alkanes of at least 4 members (excludes halogenated alkanes) is 1. The van der Waals surface area contributed by atoms with Crippen LogP contribution in [0.2, 0.25) is 0 Å². The van der Waals surface area contributed by atoms with E-state index in [1.54, 1.807) is 12.4 Å². The van der Waals surface area contributed by atoms with Gasteiger partial charge in [0.25, 0.3) is 0 Å². The van der Waals surface area contributed by atoms with Crippen molar-refractivity contribution in [2.24, 2.45) is 0 Å². The number of thiophene rings is 1. The van der Waals surface area contributed by atoms with Crippen LogP contribution in [-0.2, 0) is 6.42 Å². The van der Waals surface area contributed by atoms with Gasteiger partial charge in [-0.15, -0.1) is 11.3 Å². The Kier molecular flexibility index (Phi) is 10.0. The van der Waals surface area contributed by atoms with Crippen LogP contribution in [0.3, 0.4) is 0 Å². The molecule has 3 heterocycles. The normalized spacial score (nSPS) is 9.93. The molecule has 148 valence electrons. The zero-order valence-corrected chi connectivity index (χ0v) is 19.0. The van der Waals surface area contributed by atoms with Crippen LogP contribution in [0.4, 0.5) is 0 Å². The summed E-state index contributed by atoms with van der Waals surface area (Å²) in [5, 5.41) is 0. The summed E-state index contributed by atoms with van der Waals surface area (Å²) in [4.78, 5) is 10.9. The number of hydrogen-bond acceptors (Lipinski definition) is 4. The Morgan fingerprint density at radius 3 is 1.85 bits per heavy atom. The van der Waals surface area contributed by atoms with Gasteiger partial charge in [0.05, 0.1) is 11.4 Å². The fraction of sp³-hybridized carbons (Fsp3) is 0.478. The zero-order valence-electron chi connectivity index (χ0n) is 18.1. The highest BCUT2D eigenvalue weighted by molar-refractivity contribution is 7.12. The summed E-state index contributed by atoms with van der Waals surface area (Å²) in [6.07, 6.45) is 7.17. The van der Waals surface area contributed by atoms with Crippen molar-refractivity contribution in [1.29, 1.82) is 0 Å². The minimum atomic E-state index is 0.977. The van der Waals surface area contributed by atoms with Crippen LogP contribution < -0.4 is 0 Å². The molecule has 27 heavy (non-hydrogen) atoms. The smallest absolute Gasteiger partial charge is 0.104 e. The second-order valence-electron chi connectivity index (χ2n) is 6.94. The molecule has 3 aromatic heterocycles. The number of aromatic nitrogens is 2. The van der Waals surface area contributed by atoms with E-state index in [0.717, 1.165) is 22.9 Å². The quantitative estimate of drug-likeness (QED) is 0.486. The molecular weight excluding hydrogens is 352 g/mol. The highest BCUT2D eigenvalue weighted by Gasteiger charge is 2.02. The third-order valence-electron chi connectivity index (χ3n) is 4.11. The van der Waals surface area contributed by atoms with Gasteiger partial charge in [-0.1, -0.05) is 13.3 Å². The molecule has 3 nitrogen and oxygen atoms in total. The first-order valence-electron chi connectivity index (χ1n) is 9.57. The topological polar surface area (TPSA) is 38.9 Å². The predicted molar refractivity (Wildman–Crippen MR) is 117 cm³/mol. The molecule has 3 rings (SSSR count). The van der Waals surface area contributed by atoms with Crippen LogP contribution in [0.15, 0.2) is 28.9 Å². The van der Waals surface area contributed by atoms with Crippen molar-refractivity contribution in [3.05, 3.63) is 68.3 Å². The summed E-state index contributed by atoms with van der Waals surface area (Å²) in [5.74, 6) is 2.13. The molecule has 0 spiro atoms. The molecule has 0 saturated heterocycles. The molecular formula is C23H34N2OS. The largest absolute Gasteiger partial charge is 0.466 e. The first-order valence-corrected chi connectivity index (χ1v) is 10.4. The lowest BCUT2D eigenvalue weighted by Gasteiger charge is -1.94. The van der Waals surface area contributed by atoms with Crippen molar-refractivity contribution >= 4 is 11.3 Å². The second-order valence-corrected chi connectivity index (χ2v) is 8.40. The third-order valence-corrected chi connectivity index (χ3v) is 5.18. The van der Waals surface area contributed by atoms with Crippen molar-refractivity contribution in [1.82, 2.24) is 9.97 Å². The van der Waals surface area contributed by atoms with Crippen molar-refractivity contribution in [3.8, 4) is 0 Å². The van der Waals surface area contributed by atoms with E-state index in [1.165, 1.54) is 40.1 Å². The van der Waals surface area contributed by atoms with E-state index in [1.807, 2.05) is 39.0 Å². The van der Waals surface area contributed by atoms with E-state index in [9.17, 15) is 0 Å². The first kappa shape index (κ1) is 23.1. The van der Waals surface area contributed by atoms with Gasteiger partial charge in [-0.3, -0.25) is 9.97 Å². The molecule has 3 aromatic rings. The molecule has 0 fully saturated rings. The van der Waals surface area contributed by atoms with Crippen molar-refractivity contribution in [3.63, 3.8) is 0 Å². The molecule has 0 unspecified atom stereocenters. The number of nitrogens with zero attached hydrogens (tertiary/aromatic N) is 2. The molecule has 0 aromatic carbocycles. The lowest BCUT2D eigenvalue weighted by atomic mass is 10.1. The number of hydrogen-bond donors (Lipinski definition) is 0. The van der Waals surface area contributed by atoms with Crippen LogP contribution in [0.25, 0.3) is 0 Å². The first-order chi connectivity index (χ1) is 12.7. The van der Waals surface area contributed by atoms with Crippen LogP contribution in [0.5, 0.6) is 0 Å². The average Bonchev–Trinajstić information content (AvgIpc) is 3.06. The summed E-state index contributed by atoms with van der Waals surface area (Å²) in [7, 11) is 0. The van der Waals surface area contributed by atoms with E-state index in [0.29, 0.717) is 0 Å². The number of aryl methyl sites for hydroxylation is 8. The van der Waals surface area contributed by atoms with E-state index in [2.05, 4.69) is 49.8 Å². The highest BCUT2D eigenvalue weighted by atomic mass is 32.1. The predicted octanol–water partition coefficient (Wildman–Crippen LogP) is 7.01. The van der Waals surface area contributed by atoms with Crippen LogP contribution in [0, 0.1) is 48.5 Å². The van der Waals surface area contributed by atoms with E-state index in [-0.39, 0.29) is 0 Å². The van der Waals surface area contributed by atoms with Gasteiger partial charge in [-0.05, 0) is 84.6 Å². The summed E-state index contributed by atoms with van der Waals surface area (Å²) in [5.41, 5.74) is 4.76. The Bertz CT molecular complexity index is 781. The van der Waals surface area contributed by atoms with Crippen LogP contribution in [0.1, 0.15) is 63.6 Å². The van der Waals surface area contributed by atoms with E-state index in [4.69, 9.17) is 4.42 Å². The van der Waals surface area contributed by atoms with Gasteiger partial charge < -0.3 is 4.42 Å². The molecule has 0 radical (unpaired) electrons. The summed E-state index contributed by atoms with van der Waals surface area (Å²) in [6, 6.07) is 4.37. The third kappa shape index (κ3) is 9.00. The molecule has 0 saturated carbocycles. The van der Waals surface area contributed by atoms with E-state index >= 15 is 0 Å². The standard InChI is InChI=1S/C10H16O.C7H10S.C6H8N2/c1-4-5-6-10-7-8(2)11-9(10)3;1-5-4-6(2)8-7(5)3;1-5-3-7-4-6(2)8-5/h7H,4-6H2,1-3H3;4H,1-3H3;3-4H,1-2H3. The molecule has 0 amide bonds. The molecule has 0 aliphatic heterocycles. The van der Waals surface area contributed by atoms with Crippen LogP contribution in [-0.4, -0.2) is 9.97 Å². The van der Waals surface area contributed by atoms with Gasteiger partial charge in [0.2, 0.25) is 0 Å². The van der Waals surface area contributed by atoms with Crippen molar-refractivity contribution in [2.75, 3.05) is 0 Å². The maximum atomic E-state index is 5.41. The van der Waals surface area contributed by atoms with Gasteiger partial charge >= 0.3 is 0 Å². The Hall–Kier alpha value is -1.94. The van der Waals surface area contributed by atoms with E-state index < -0.39 is 0 Å². The van der Waals surface area contributed by atoms with Gasteiger partial charge in [0.1, 0.15) is 11.5 Å². The number of rotatable bonds is 3. The lowest BCUT2D eigenvalue weighted by molar-refractivity contribution is 0.500. The zero-order chi connectivity index (χ0) is 20.4. The Labute approximate surface area is 168 Å². The molecule has 0 aliphatic rings. The molecule has 0 aliphatic carbocycles. The van der Waals surface area contributed by atoms with Gasteiger partial charge in [0, 0.05) is 22.1 Å². The maximum absolute atomic E-state index is 5.41. The maximum Gasteiger partial charge on any atom is 0.104 e. The molecule has 0 atom stereocenters. The number of furan rings is 1. The summed E-state index contributed by atoms with van der Waals surface area (Å²) >= 11 is 1.87. The second kappa shape index (κ2) is 11.7. The Morgan fingerprint density at radius 1 is 0.926 bits per heavy atom. The fourth-order valence-electron chi connectivity index (χ4n) is 2.65. The lowest BCUT2D eigenvalue weighted by Crippen LogP contribution is -1.85. The SMILES string of the molecule is CCCCc1cc(C)oc1C.Cc1cc(C)c(C)s1.Cc1cncc(C)n1. The minimum Gasteiger partial charge on any atom is -0.466 e.